The molecule has 0 amide bonds. The molecule has 2 aromatic rings. The largest absolute Gasteiger partial charge is 0.496 e. The first kappa shape index (κ1) is 15.2. The first-order valence-corrected chi connectivity index (χ1v) is 6.19. The molecule has 22 heavy (non-hydrogen) atoms. The van der Waals surface area contributed by atoms with Crippen LogP contribution in [0.5, 0.6) is 17.2 Å². The predicted molar refractivity (Wildman–Crippen MR) is 80.7 cm³/mol. The molecule has 0 fully saturated rings. The van der Waals surface area contributed by atoms with Gasteiger partial charge in [-0.25, -0.2) is 4.98 Å². The third-order valence-electron chi connectivity index (χ3n) is 3.03. The van der Waals surface area contributed by atoms with E-state index in [-0.39, 0.29) is 23.0 Å². The van der Waals surface area contributed by atoms with Crippen molar-refractivity contribution in [2.45, 2.75) is 0 Å². The number of benzene rings is 1. The van der Waals surface area contributed by atoms with Crippen LogP contribution in [0.25, 0.3) is 11.3 Å². The van der Waals surface area contributed by atoms with Gasteiger partial charge in [-0.2, -0.15) is 10.2 Å². The van der Waals surface area contributed by atoms with Crippen molar-refractivity contribution in [3.05, 3.63) is 17.7 Å². The number of anilines is 2. The molecule has 0 aliphatic rings. The smallest absolute Gasteiger partial charge is 0.222 e. The Kier molecular flexibility index (Phi) is 4.18. The Morgan fingerprint density at radius 1 is 1.00 bits per heavy atom. The zero-order valence-electron chi connectivity index (χ0n) is 12.4. The molecule has 8 heteroatoms. The molecule has 0 bridgehead atoms. The van der Waals surface area contributed by atoms with Crippen LogP contribution >= 0.6 is 0 Å². The third kappa shape index (κ3) is 2.40. The van der Waals surface area contributed by atoms with Gasteiger partial charge < -0.3 is 25.7 Å². The monoisotopic (exact) mass is 301 g/mol. The van der Waals surface area contributed by atoms with Crippen LogP contribution in [0, 0.1) is 11.3 Å². The number of nitrogens with two attached hydrogens (primary N) is 2. The molecule has 0 atom stereocenters. The van der Waals surface area contributed by atoms with Gasteiger partial charge in [-0.3, -0.25) is 0 Å². The number of nitriles is 1. The van der Waals surface area contributed by atoms with Gasteiger partial charge in [-0.15, -0.1) is 0 Å². The van der Waals surface area contributed by atoms with E-state index in [1.165, 1.54) is 21.3 Å². The van der Waals surface area contributed by atoms with Gasteiger partial charge in [-0.1, -0.05) is 0 Å². The molecule has 4 N–H and O–H groups in total. The molecule has 0 radical (unpaired) electrons. The van der Waals surface area contributed by atoms with E-state index in [9.17, 15) is 5.26 Å². The van der Waals surface area contributed by atoms with Crippen LogP contribution in [0.2, 0.25) is 0 Å². The Labute approximate surface area is 127 Å². The van der Waals surface area contributed by atoms with Gasteiger partial charge in [-0.05, 0) is 12.1 Å². The Bertz CT molecular complexity index is 755. The first-order valence-electron chi connectivity index (χ1n) is 6.19. The molecule has 114 valence electrons. The Morgan fingerprint density at radius 3 is 2.18 bits per heavy atom. The van der Waals surface area contributed by atoms with Gasteiger partial charge >= 0.3 is 0 Å². The molecule has 0 spiro atoms. The summed E-state index contributed by atoms with van der Waals surface area (Å²) >= 11 is 0. The summed E-state index contributed by atoms with van der Waals surface area (Å²) in [6, 6.07) is 5.33. The van der Waals surface area contributed by atoms with Crippen LogP contribution in [0.1, 0.15) is 5.56 Å². The summed E-state index contributed by atoms with van der Waals surface area (Å²) in [7, 11) is 4.47. The van der Waals surface area contributed by atoms with E-state index in [4.69, 9.17) is 25.7 Å². The van der Waals surface area contributed by atoms with Gasteiger partial charge in [0.25, 0.3) is 0 Å². The Morgan fingerprint density at radius 2 is 1.64 bits per heavy atom. The minimum absolute atomic E-state index is 0.0167. The van der Waals surface area contributed by atoms with Gasteiger partial charge in [0.2, 0.25) is 5.95 Å². The zero-order chi connectivity index (χ0) is 16.3. The summed E-state index contributed by atoms with van der Waals surface area (Å²) in [6.45, 7) is 0. The number of hydrogen-bond acceptors (Lipinski definition) is 8. The highest BCUT2D eigenvalue weighted by molar-refractivity contribution is 5.83. The number of nitrogen functional groups attached to an aromatic ring is 2. The van der Waals surface area contributed by atoms with Crippen molar-refractivity contribution >= 4 is 11.8 Å². The quantitative estimate of drug-likeness (QED) is 0.861. The number of methoxy groups -OCH3 is 3. The summed E-state index contributed by atoms with van der Waals surface area (Å²) in [5.41, 5.74) is 12.1. The Balaban J connectivity index is 2.90. The highest BCUT2D eigenvalue weighted by atomic mass is 16.5. The van der Waals surface area contributed by atoms with Gasteiger partial charge in [0.05, 0.1) is 26.9 Å². The molecule has 1 aromatic carbocycles. The van der Waals surface area contributed by atoms with Crippen molar-refractivity contribution in [2.24, 2.45) is 0 Å². The Hall–Kier alpha value is -3.21. The minimum atomic E-state index is -0.0570. The fourth-order valence-electron chi connectivity index (χ4n) is 2.09. The van der Waals surface area contributed by atoms with Crippen LogP contribution in [-0.2, 0) is 0 Å². The highest BCUT2D eigenvalue weighted by Crippen LogP contribution is 2.45. The highest BCUT2D eigenvalue weighted by Gasteiger charge is 2.23. The predicted octanol–water partition coefficient (Wildman–Crippen LogP) is 1.21. The maximum atomic E-state index is 9.34. The molecule has 0 saturated heterocycles. The van der Waals surface area contributed by atoms with E-state index < -0.39 is 0 Å². The fourth-order valence-corrected chi connectivity index (χ4v) is 2.09. The van der Waals surface area contributed by atoms with Crippen LogP contribution in [0.4, 0.5) is 11.8 Å². The lowest BCUT2D eigenvalue weighted by Gasteiger charge is -2.17. The van der Waals surface area contributed by atoms with Gasteiger partial charge in [0.1, 0.15) is 28.9 Å². The molecular formula is C14H15N5O3. The van der Waals surface area contributed by atoms with Gasteiger partial charge in [0.15, 0.2) is 11.5 Å². The third-order valence-corrected chi connectivity index (χ3v) is 3.03. The number of hydrogen-bond donors (Lipinski definition) is 2. The molecule has 0 aliphatic heterocycles. The van der Waals surface area contributed by atoms with E-state index in [1.54, 1.807) is 12.1 Å². The normalized spacial score (nSPS) is 9.91. The number of aromatic nitrogens is 2. The van der Waals surface area contributed by atoms with Crippen LogP contribution in [0.15, 0.2) is 12.1 Å². The lowest BCUT2D eigenvalue weighted by Crippen LogP contribution is -2.06. The van der Waals surface area contributed by atoms with E-state index in [1.807, 2.05) is 6.07 Å². The van der Waals surface area contributed by atoms with Crippen molar-refractivity contribution < 1.29 is 14.2 Å². The van der Waals surface area contributed by atoms with Crippen molar-refractivity contribution in [1.29, 1.82) is 5.26 Å². The molecule has 1 heterocycles. The molecule has 8 nitrogen and oxygen atoms in total. The van der Waals surface area contributed by atoms with Crippen molar-refractivity contribution in [3.63, 3.8) is 0 Å². The molecule has 2 rings (SSSR count). The second kappa shape index (κ2) is 6.05. The standard InChI is InChI=1S/C14H15N5O3/c1-20-8-4-5-9(21-2)12(22-3)10(8)11-7(6-15)13(16)19-14(17)18-11/h4-5H,1-3H3,(H4,16,17,18,19). The van der Waals surface area contributed by atoms with E-state index >= 15 is 0 Å². The van der Waals surface area contributed by atoms with E-state index in [0.717, 1.165) is 0 Å². The molecule has 1 aromatic heterocycles. The second-order valence-corrected chi connectivity index (χ2v) is 4.18. The van der Waals surface area contributed by atoms with E-state index in [2.05, 4.69) is 9.97 Å². The summed E-state index contributed by atoms with van der Waals surface area (Å²) in [6.07, 6.45) is 0. The summed E-state index contributed by atoms with van der Waals surface area (Å²) in [5, 5.41) is 9.34. The first-order chi connectivity index (χ1) is 10.6. The summed E-state index contributed by atoms with van der Waals surface area (Å²) < 4.78 is 16.0. The van der Waals surface area contributed by atoms with E-state index in [0.29, 0.717) is 22.8 Å². The van der Waals surface area contributed by atoms with Crippen molar-refractivity contribution in [2.75, 3.05) is 32.8 Å². The molecule has 0 aliphatic carbocycles. The maximum Gasteiger partial charge on any atom is 0.222 e. The molecule has 0 saturated carbocycles. The SMILES string of the molecule is COc1ccc(OC)c(-c2nc(N)nc(N)c2C#N)c1OC. The summed E-state index contributed by atoms with van der Waals surface area (Å²) in [5.74, 6) is 1.18. The minimum Gasteiger partial charge on any atom is -0.496 e. The van der Waals surface area contributed by atoms with Crippen molar-refractivity contribution in [1.82, 2.24) is 9.97 Å². The number of rotatable bonds is 4. The zero-order valence-corrected chi connectivity index (χ0v) is 12.4. The lowest BCUT2D eigenvalue weighted by atomic mass is 10.0. The number of ether oxygens (including phenoxy) is 3. The second-order valence-electron chi connectivity index (χ2n) is 4.18. The molecular weight excluding hydrogens is 286 g/mol. The van der Waals surface area contributed by atoms with Gasteiger partial charge in [0, 0.05) is 0 Å². The van der Waals surface area contributed by atoms with Crippen LogP contribution < -0.4 is 25.7 Å². The number of nitrogens with zero attached hydrogens (tertiary/aromatic N) is 3. The summed E-state index contributed by atoms with van der Waals surface area (Å²) in [4.78, 5) is 7.91. The lowest BCUT2D eigenvalue weighted by molar-refractivity contribution is 0.351. The molecule has 0 unspecified atom stereocenters. The maximum absolute atomic E-state index is 9.34. The van der Waals surface area contributed by atoms with Crippen LogP contribution in [-0.4, -0.2) is 31.3 Å². The van der Waals surface area contributed by atoms with Crippen LogP contribution in [0.3, 0.4) is 0 Å². The topological polar surface area (TPSA) is 129 Å². The average molecular weight is 301 g/mol. The average Bonchev–Trinajstić information content (AvgIpc) is 2.52. The van der Waals surface area contributed by atoms with Crippen molar-refractivity contribution in [3.8, 4) is 34.6 Å². The fraction of sp³-hybridized carbons (Fsp3) is 0.214.